The number of aromatic carboxylic acids is 1. The first-order valence-corrected chi connectivity index (χ1v) is 6.80. The van der Waals surface area contributed by atoms with Crippen LogP contribution in [0.4, 0.5) is 0 Å². The first kappa shape index (κ1) is 13.7. The molecular formula is C16H21NO2. The van der Waals surface area contributed by atoms with Gasteiger partial charge in [0.2, 0.25) is 0 Å². The van der Waals surface area contributed by atoms with Crippen LogP contribution in [0.25, 0.3) is 10.9 Å². The van der Waals surface area contributed by atoms with Crippen molar-refractivity contribution < 1.29 is 9.90 Å². The van der Waals surface area contributed by atoms with E-state index in [9.17, 15) is 9.90 Å². The van der Waals surface area contributed by atoms with Crippen LogP contribution in [-0.4, -0.2) is 15.6 Å². The molecule has 0 radical (unpaired) electrons. The third-order valence-electron chi connectivity index (χ3n) is 3.84. The van der Waals surface area contributed by atoms with E-state index in [1.807, 2.05) is 6.92 Å². The molecule has 1 aromatic heterocycles. The number of hydrogen-bond donors (Lipinski definition) is 1. The quantitative estimate of drug-likeness (QED) is 0.899. The van der Waals surface area contributed by atoms with Gasteiger partial charge in [0.25, 0.3) is 0 Å². The fraction of sp³-hybridized carbons (Fsp3) is 0.438. The molecule has 2 aromatic rings. The largest absolute Gasteiger partial charge is 0.478 e. The molecule has 0 saturated heterocycles. The van der Waals surface area contributed by atoms with E-state index in [1.54, 1.807) is 6.07 Å². The Morgan fingerprint density at radius 3 is 2.53 bits per heavy atom. The molecule has 0 aliphatic heterocycles. The Bertz CT molecular complexity index is 638. The zero-order chi connectivity index (χ0) is 14.2. The van der Waals surface area contributed by atoms with Crippen molar-refractivity contribution >= 4 is 16.9 Å². The summed E-state index contributed by atoms with van der Waals surface area (Å²) in [5.41, 5.74) is 4.67. The van der Waals surface area contributed by atoms with Gasteiger partial charge in [-0.25, -0.2) is 4.79 Å². The average molecular weight is 259 g/mol. The molecule has 0 unspecified atom stereocenters. The molecule has 19 heavy (non-hydrogen) atoms. The van der Waals surface area contributed by atoms with Crippen molar-refractivity contribution in [1.29, 1.82) is 0 Å². The summed E-state index contributed by atoms with van der Waals surface area (Å²) in [6, 6.07) is 3.86. The van der Waals surface area contributed by atoms with Crippen LogP contribution >= 0.6 is 0 Å². The average Bonchev–Trinajstić information content (AvgIpc) is 2.59. The highest BCUT2D eigenvalue weighted by molar-refractivity contribution is 6.04. The predicted molar refractivity (Wildman–Crippen MR) is 78.0 cm³/mol. The van der Waals surface area contributed by atoms with Crippen molar-refractivity contribution in [1.82, 2.24) is 4.57 Å². The molecule has 3 nitrogen and oxygen atoms in total. The van der Waals surface area contributed by atoms with Crippen LogP contribution in [0.2, 0.25) is 0 Å². The van der Waals surface area contributed by atoms with Gasteiger partial charge in [0.1, 0.15) is 0 Å². The Labute approximate surface area is 113 Å². The van der Waals surface area contributed by atoms with Crippen molar-refractivity contribution in [2.24, 2.45) is 0 Å². The van der Waals surface area contributed by atoms with Crippen molar-refractivity contribution in [3.63, 3.8) is 0 Å². The summed E-state index contributed by atoms with van der Waals surface area (Å²) in [4.78, 5) is 11.5. The summed E-state index contributed by atoms with van der Waals surface area (Å²) >= 11 is 0. The van der Waals surface area contributed by atoms with Crippen LogP contribution in [-0.2, 0) is 6.54 Å². The second kappa shape index (κ2) is 5.08. The van der Waals surface area contributed by atoms with Gasteiger partial charge in [0.15, 0.2) is 0 Å². The van der Waals surface area contributed by atoms with E-state index in [2.05, 4.69) is 31.4 Å². The number of rotatable bonds is 4. The van der Waals surface area contributed by atoms with E-state index < -0.39 is 5.97 Å². The molecule has 0 fully saturated rings. The number of hydrogen-bond acceptors (Lipinski definition) is 1. The maximum Gasteiger partial charge on any atom is 0.337 e. The molecule has 102 valence electrons. The Morgan fingerprint density at radius 2 is 1.95 bits per heavy atom. The summed E-state index contributed by atoms with van der Waals surface area (Å²) in [5.74, 6) is -0.844. The fourth-order valence-electron chi connectivity index (χ4n) is 2.68. The van der Waals surface area contributed by atoms with Crippen molar-refractivity contribution in [2.45, 2.75) is 47.1 Å². The van der Waals surface area contributed by atoms with Gasteiger partial charge < -0.3 is 9.67 Å². The topological polar surface area (TPSA) is 42.2 Å². The first-order valence-electron chi connectivity index (χ1n) is 6.80. The number of aromatic nitrogens is 1. The molecule has 0 saturated carbocycles. The lowest BCUT2D eigenvalue weighted by Crippen LogP contribution is -2.05. The molecule has 0 amide bonds. The third kappa shape index (κ3) is 2.25. The van der Waals surface area contributed by atoms with Gasteiger partial charge in [-0.3, -0.25) is 0 Å². The van der Waals surface area contributed by atoms with Gasteiger partial charge in [-0.1, -0.05) is 13.3 Å². The SMILES string of the molecule is CCCCn1c(C)c(C)c2cc(C)cc(C(=O)O)c21. The smallest absolute Gasteiger partial charge is 0.337 e. The highest BCUT2D eigenvalue weighted by Gasteiger charge is 2.18. The number of nitrogens with zero attached hydrogens (tertiary/aromatic N) is 1. The van der Waals surface area contributed by atoms with Gasteiger partial charge >= 0.3 is 5.97 Å². The lowest BCUT2D eigenvalue weighted by atomic mass is 10.0. The summed E-state index contributed by atoms with van der Waals surface area (Å²) < 4.78 is 2.16. The predicted octanol–water partition coefficient (Wildman–Crippen LogP) is 4.06. The summed E-state index contributed by atoms with van der Waals surface area (Å²) in [7, 11) is 0. The van der Waals surface area contributed by atoms with E-state index in [0.717, 1.165) is 35.9 Å². The lowest BCUT2D eigenvalue weighted by Gasteiger charge is -2.10. The molecule has 0 atom stereocenters. The summed E-state index contributed by atoms with van der Waals surface area (Å²) in [6.45, 7) is 9.13. The van der Waals surface area contributed by atoms with E-state index >= 15 is 0 Å². The number of unbranched alkanes of at least 4 members (excludes halogenated alkanes) is 1. The monoisotopic (exact) mass is 259 g/mol. The molecule has 0 aliphatic rings. The number of carboxylic acids is 1. The third-order valence-corrected chi connectivity index (χ3v) is 3.84. The van der Waals surface area contributed by atoms with E-state index in [4.69, 9.17) is 0 Å². The maximum absolute atomic E-state index is 11.5. The molecule has 2 rings (SSSR count). The van der Waals surface area contributed by atoms with Gasteiger partial charge in [-0.2, -0.15) is 0 Å². The summed E-state index contributed by atoms with van der Waals surface area (Å²) in [6.07, 6.45) is 2.17. The normalized spacial score (nSPS) is 11.2. The minimum Gasteiger partial charge on any atom is -0.478 e. The molecule has 1 heterocycles. The van der Waals surface area contributed by atoms with E-state index in [-0.39, 0.29) is 0 Å². The van der Waals surface area contributed by atoms with Crippen LogP contribution in [0.3, 0.4) is 0 Å². The molecule has 1 N–H and O–H groups in total. The van der Waals surface area contributed by atoms with Crippen LogP contribution in [0.1, 0.15) is 46.9 Å². The highest BCUT2D eigenvalue weighted by atomic mass is 16.4. The lowest BCUT2D eigenvalue weighted by molar-refractivity contribution is 0.0698. The Morgan fingerprint density at radius 1 is 1.26 bits per heavy atom. The second-order valence-corrected chi connectivity index (χ2v) is 5.23. The van der Waals surface area contributed by atoms with E-state index in [1.165, 1.54) is 11.3 Å². The number of aryl methyl sites for hydroxylation is 3. The Kier molecular flexibility index (Phi) is 3.65. The molecule has 3 heteroatoms. The molecule has 0 aliphatic carbocycles. The molecule has 1 aromatic carbocycles. The Hall–Kier alpha value is -1.77. The minimum absolute atomic E-state index is 0.419. The van der Waals surface area contributed by atoms with Gasteiger partial charge in [0.05, 0.1) is 11.1 Å². The summed E-state index contributed by atoms with van der Waals surface area (Å²) in [5, 5.41) is 10.5. The zero-order valence-corrected chi connectivity index (χ0v) is 12.1. The van der Waals surface area contributed by atoms with Gasteiger partial charge in [-0.15, -0.1) is 0 Å². The van der Waals surface area contributed by atoms with Crippen molar-refractivity contribution in [2.75, 3.05) is 0 Å². The minimum atomic E-state index is -0.844. The highest BCUT2D eigenvalue weighted by Crippen LogP contribution is 2.29. The van der Waals surface area contributed by atoms with Crippen molar-refractivity contribution in [3.05, 3.63) is 34.5 Å². The van der Waals surface area contributed by atoms with Gasteiger partial charge in [0, 0.05) is 17.6 Å². The molecule has 0 bridgehead atoms. The zero-order valence-electron chi connectivity index (χ0n) is 12.1. The number of carbonyl (C=O) groups is 1. The second-order valence-electron chi connectivity index (χ2n) is 5.23. The maximum atomic E-state index is 11.5. The van der Waals surface area contributed by atoms with Crippen LogP contribution in [0.15, 0.2) is 12.1 Å². The first-order chi connectivity index (χ1) is 8.97. The van der Waals surface area contributed by atoms with Crippen molar-refractivity contribution in [3.8, 4) is 0 Å². The van der Waals surface area contributed by atoms with Crippen LogP contribution in [0, 0.1) is 20.8 Å². The fourth-order valence-corrected chi connectivity index (χ4v) is 2.68. The Balaban J connectivity index is 2.80. The standard InChI is InChI=1S/C16H21NO2/c1-5-6-7-17-12(4)11(3)13-8-10(2)9-14(15(13)17)16(18)19/h8-9H,5-7H2,1-4H3,(H,18,19). The van der Waals surface area contributed by atoms with E-state index in [0.29, 0.717) is 5.56 Å². The molecular weight excluding hydrogens is 238 g/mol. The van der Waals surface area contributed by atoms with Crippen LogP contribution < -0.4 is 0 Å². The number of benzene rings is 1. The van der Waals surface area contributed by atoms with Gasteiger partial charge in [-0.05, 0) is 50.5 Å². The van der Waals surface area contributed by atoms with Crippen LogP contribution in [0.5, 0.6) is 0 Å². The number of fused-ring (bicyclic) bond motifs is 1. The molecule has 0 spiro atoms. The number of carboxylic acid groups (broad SMARTS) is 1.